The molecule has 0 amide bonds. The Hall–Kier alpha value is -0.680. The lowest BCUT2D eigenvalue weighted by atomic mass is 10.0. The summed E-state index contributed by atoms with van der Waals surface area (Å²) < 4.78 is 0. The van der Waals surface area contributed by atoms with E-state index in [-0.39, 0.29) is 0 Å². The average molecular weight is 293 g/mol. The second kappa shape index (κ2) is 5.75. The molecule has 4 heteroatoms. The number of nitrogens with one attached hydrogen (secondary N) is 1. The lowest BCUT2D eigenvalue weighted by Gasteiger charge is -2.13. The van der Waals surface area contributed by atoms with Crippen molar-refractivity contribution in [3.05, 3.63) is 33.8 Å². The van der Waals surface area contributed by atoms with Crippen LogP contribution in [-0.2, 0) is 6.54 Å². The van der Waals surface area contributed by atoms with Crippen molar-refractivity contribution >= 4 is 22.7 Å². The van der Waals surface area contributed by atoms with Crippen LogP contribution in [0, 0.1) is 5.41 Å². The largest absolute Gasteiger partial charge is 0.396 e. The van der Waals surface area contributed by atoms with Gasteiger partial charge < -0.3 is 10.4 Å². The summed E-state index contributed by atoms with van der Waals surface area (Å²) >= 11 is 3.62. The van der Waals surface area contributed by atoms with E-state index in [9.17, 15) is 0 Å². The summed E-state index contributed by atoms with van der Waals surface area (Å²) in [5.41, 5.74) is 1.75. The van der Waals surface area contributed by atoms with Crippen LogP contribution in [0.25, 0.3) is 10.4 Å². The summed E-state index contributed by atoms with van der Waals surface area (Å²) in [5, 5.41) is 17.0. The van der Waals surface area contributed by atoms with E-state index in [1.165, 1.54) is 28.2 Å². The molecule has 2 heterocycles. The highest BCUT2D eigenvalue weighted by atomic mass is 32.1. The van der Waals surface area contributed by atoms with E-state index in [1.54, 1.807) is 11.3 Å². The molecule has 0 unspecified atom stereocenters. The molecule has 1 saturated carbocycles. The molecule has 2 aromatic rings. The molecule has 2 aromatic heterocycles. The van der Waals surface area contributed by atoms with Crippen LogP contribution in [0.15, 0.2) is 29.0 Å². The first kappa shape index (κ1) is 13.3. The van der Waals surface area contributed by atoms with E-state index in [0.717, 1.165) is 19.5 Å². The topological polar surface area (TPSA) is 32.3 Å². The van der Waals surface area contributed by atoms with Crippen molar-refractivity contribution in [3.63, 3.8) is 0 Å². The standard InChI is InChI=1S/C15H19NOS2/c17-6-5-15(3-4-15)11-16-9-13-8-12(10-19-13)14-2-1-7-18-14/h1-2,7-8,10,16-17H,3-6,9,11H2. The number of hydrogen-bond donors (Lipinski definition) is 2. The number of aliphatic hydroxyl groups excluding tert-OH is 1. The van der Waals surface area contributed by atoms with Gasteiger partial charge in [0.2, 0.25) is 0 Å². The lowest BCUT2D eigenvalue weighted by molar-refractivity contribution is 0.245. The van der Waals surface area contributed by atoms with Crippen LogP contribution in [0.2, 0.25) is 0 Å². The predicted molar refractivity (Wildman–Crippen MR) is 82.7 cm³/mol. The van der Waals surface area contributed by atoms with Gasteiger partial charge in [0.15, 0.2) is 0 Å². The maximum atomic E-state index is 9.04. The van der Waals surface area contributed by atoms with E-state index in [0.29, 0.717) is 12.0 Å². The molecule has 0 aliphatic heterocycles. The number of rotatable bonds is 7. The number of aliphatic hydroxyl groups is 1. The fourth-order valence-corrected chi connectivity index (χ4v) is 4.07. The smallest absolute Gasteiger partial charge is 0.0436 e. The van der Waals surface area contributed by atoms with Crippen molar-refractivity contribution in [1.29, 1.82) is 0 Å². The monoisotopic (exact) mass is 293 g/mol. The molecule has 3 rings (SSSR count). The van der Waals surface area contributed by atoms with Crippen LogP contribution in [0.3, 0.4) is 0 Å². The van der Waals surface area contributed by atoms with Gasteiger partial charge in [0.25, 0.3) is 0 Å². The Morgan fingerprint density at radius 3 is 2.89 bits per heavy atom. The van der Waals surface area contributed by atoms with Crippen LogP contribution in [0.4, 0.5) is 0 Å². The second-order valence-electron chi connectivity index (χ2n) is 5.36. The van der Waals surface area contributed by atoms with Crippen molar-refractivity contribution in [2.45, 2.75) is 25.8 Å². The molecule has 102 valence electrons. The summed E-state index contributed by atoms with van der Waals surface area (Å²) in [5.74, 6) is 0. The maximum Gasteiger partial charge on any atom is 0.0436 e. The Balaban J connectivity index is 1.51. The van der Waals surface area contributed by atoms with Gasteiger partial charge in [-0.05, 0) is 47.6 Å². The quantitative estimate of drug-likeness (QED) is 0.815. The zero-order valence-corrected chi connectivity index (χ0v) is 12.5. The summed E-state index contributed by atoms with van der Waals surface area (Å²) in [6, 6.07) is 6.56. The molecule has 2 N–H and O–H groups in total. The first-order chi connectivity index (χ1) is 9.31. The van der Waals surface area contributed by atoms with Crippen molar-refractivity contribution in [3.8, 4) is 10.4 Å². The lowest BCUT2D eigenvalue weighted by Crippen LogP contribution is -2.24. The van der Waals surface area contributed by atoms with E-state index in [2.05, 4.69) is 34.3 Å². The van der Waals surface area contributed by atoms with Gasteiger partial charge in [0.05, 0.1) is 0 Å². The molecule has 1 fully saturated rings. The average Bonchev–Trinajstić information content (AvgIpc) is 2.87. The van der Waals surface area contributed by atoms with E-state index in [4.69, 9.17) is 5.11 Å². The Labute approximate surface area is 122 Å². The molecule has 0 aromatic carbocycles. The van der Waals surface area contributed by atoms with Crippen LogP contribution >= 0.6 is 22.7 Å². The van der Waals surface area contributed by atoms with Crippen molar-refractivity contribution in [2.24, 2.45) is 5.41 Å². The van der Waals surface area contributed by atoms with Crippen LogP contribution < -0.4 is 5.32 Å². The van der Waals surface area contributed by atoms with Gasteiger partial charge >= 0.3 is 0 Å². The minimum atomic E-state index is 0.323. The minimum absolute atomic E-state index is 0.323. The van der Waals surface area contributed by atoms with Gasteiger partial charge in [0, 0.05) is 35.0 Å². The highest BCUT2D eigenvalue weighted by Gasteiger charge is 2.41. The molecule has 0 radical (unpaired) electrons. The molecular formula is C15H19NOS2. The van der Waals surface area contributed by atoms with Gasteiger partial charge in [-0.1, -0.05) is 6.07 Å². The van der Waals surface area contributed by atoms with Crippen molar-refractivity contribution in [1.82, 2.24) is 5.32 Å². The van der Waals surface area contributed by atoms with Gasteiger partial charge in [-0.2, -0.15) is 0 Å². The fourth-order valence-electron chi connectivity index (χ4n) is 2.43. The van der Waals surface area contributed by atoms with Gasteiger partial charge in [-0.25, -0.2) is 0 Å². The van der Waals surface area contributed by atoms with Crippen LogP contribution in [0.1, 0.15) is 24.1 Å². The molecule has 0 spiro atoms. The third kappa shape index (κ3) is 3.26. The SMILES string of the molecule is OCCC1(CNCc2cc(-c3cccs3)cs2)CC1. The predicted octanol–water partition coefficient (Wildman–Crippen LogP) is 3.73. The molecular weight excluding hydrogens is 274 g/mol. The zero-order valence-electron chi connectivity index (χ0n) is 10.9. The van der Waals surface area contributed by atoms with Crippen molar-refractivity contribution < 1.29 is 5.11 Å². The summed E-state index contributed by atoms with van der Waals surface area (Å²) in [7, 11) is 0. The van der Waals surface area contributed by atoms with E-state index in [1.807, 2.05) is 11.3 Å². The highest BCUT2D eigenvalue weighted by Crippen LogP contribution is 2.47. The third-order valence-corrected chi connectivity index (χ3v) is 5.71. The summed E-state index contributed by atoms with van der Waals surface area (Å²) in [4.78, 5) is 2.74. The third-order valence-electron chi connectivity index (χ3n) is 3.86. The summed E-state index contributed by atoms with van der Waals surface area (Å²) in [6.45, 7) is 2.31. The first-order valence-corrected chi connectivity index (χ1v) is 8.50. The van der Waals surface area contributed by atoms with E-state index >= 15 is 0 Å². The van der Waals surface area contributed by atoms with Crippen molar-refractivity contribution in [2.75, 3.05) is 13.2 Å². The van der Waals surface area contributed by atoms with Crippen LogP contribution in [-0.4, -0.2) is 18.3 Å². The molecule has 0 saturated heterocycles. The normalized spacial score (nSPS) is 16.7. The molecule has 0 atom stereocenters. The Bertz CT molecular complexity index is 514. The highest BCUT2D eigenvalue weighted by molar-refractivity contribution is 7.14. The first-order valence-electron chi connectivity index (χ1n) is 6.74. The summed E-state index contributed by atoms with van der Waals surface area (Å²) in [6.07, 6.45) is 3.49. The second-order valence-corrected chi connectivity index (χ2v) is 7.30. The number of hydrogen-bond acceptors (Lipinski definition) is 4. The van der Waals surface area contributed by atoms with Gasteiger partial charge in [-0.15, -0.1) is 22.7 Å². The Morgan fingerprint density at radius 1 is 1.32 bits per heavy atom. The minimum Gasteiger partial charge on any atom is -0.396 e. The molecule has 1 aliphatic carbocycles. The fraction of sp³-hybridized carbons (Fsp3) is 0.467. The molecule has 2 nitrogen and oxygen atoms in total. The Morgan fingerprint density at radius 2 is 2.21 bits per heavy atom. The molecule has 1 aliphatic rings. The van der Waals surface area contributed by atoms with Gasteiger partial charge in [0.1, 0.15) is 0 Å². The molecule has 19 heavy (non-hydrogen) atoms. The Kier molecular flexibility index (Phi) is 4.03. The van der Waals surface area contributed by atoms with Gasteiger partial charge in [-0.3, -0.25) is 0 Å². The zero-order chi connectivity index (χ0) is 13.1. The maximum absolute atomic E-state index is 9.04. The van der Waals surface area contributed by atoms with E-state index < -0.39 is 0 Å². The van der Waals surface area contributed by atoms with Crippen LogP contribution in [0.5, 0.6) is 0 Å². The number of thiophene rings is 2. The molecule has 0 bridgehead atoms.